The Morgan fingerprint density at radius 2 is 1.84 bits per heavy atom. The molecule has 0 aliphatic heterocycles. The van der Waals surface area contributed by atoms with E-state index in [9.17, 15) is 9.59 Å². The van der Waals surface area contributed by atoms with Crippen LogP contribution in [0.25, 0.3) is 22.4 Å². The lowest BCUT2D eigenvalue weighted by atomic mass is 10.0. The number of aromatic nitrogens is 2. The molecule has 0 bridgehead atoms. The van der Waals surface area contributed by atoms with Crippen LogP contribution < -0.4 is 10.6 Å². The highest BCUT2D eigenvalue weighted by Gasteiger charge is 2.11. The third kappa shape index (κ3) is 6.46. The average Bonchev–Trinajstić information content (AvgIpc) is 3.27. The Balaban J connectivity index is 1.60. The lowest BCUT2D eigenvalue weighted by molar-refractivity contribution is -0.121. The van der Waals surface area contributed by atoms with Crippen molar-refractivity contribution in [3.05, 3.63) is 78.0 Å². The molecular weight excluding hydrogens is 420 g/mol. The predicted octanol–water partition coefficient (Wildman–Crippen LogP) is 5.09. The quantitative estimate of drug-likeness (QED) is 0.373. The molecule has 3 rings (SSSR count). The van der Waals surface area contributed by atoms with Crippen molar-refractivity contribution in [1.82, 2.24) is 15.3 Å². The number of anilines is 1. The Labute approximate surface area is 192 Å². The van der Waals surface area contributed by atoms with Gasteiger partial charge in [-0.25, -0.2) is 4.98 Å². The van der Waals surface area contributed by atoms with Crippen LogP contribution in [-0.4, -0.2) is 28.3 Å². The molecule has 2 aromatic heterocycles. The Hall–Kier alpha value is -3.58. The van der Waals surface area contributed by atoms with Crippen molar-refractivity contribution in [2.45, 2.75) is 20.8 Å². The summed E-state index contributed by atoms with van der Waals surface area (Å²) in [6.07, 6.45) is 8.95. The number of hydrogen-bond acceptors (Lipinski definition) is 5. The summed E-state index contributed by atoms with van der Waals surface area (Å²) in [5.41, 5.74) is 4.40. The molecule has 0 radical (unpaired) electrons. The molecule has 0 spiro atoms. The maximum absolute atomic E-state index is 12.3. The molecule has 2 N–H and O–H groups in total. The molecule has 0 unspecified atom stereocenters. The summed E-state index contributed by atoms with van der Waals surface area (Å²) in [7, 11) is 0. The second kappa shape index (κ2) is 11.2. The standard InChI is InChI=1S/C25H26N4O2S/c1-4-18(9-8-17(2)3)24(31)27-15-23(30)29-25-28-22(16-32-25)21-7-5-6-20(14-21)19-10-12-26-13-11-19/h4-14,16-17H,15H2,1-3H3,(H,27,31)(H,28,29,30)/b9-8-,18-4+. The zero-order valence-corrected chi connectivity index (χ0v) is 19.1. The van der Waals surface area contributed by atoms with Crippen molar-refractivity contribution in [2.75, 3.05) is 11.9 Å². The lowest BCUT2D eigenvalue weighted by Crippen LogP contribution is -2.33. The van der Waals surface area contributed by atoms with Gasteiger partial charge in [0.25, 0.3) is 5.91 Å². The smallest absolute Gasteiger partial charge is 0.251 e. The van der Waals surface area contributed by atoms with Gasteiger partial charge in [-0.3, -0.25) is 14.6 Å². The summed E-state index contributed by atoms with van der Waals surface area (Å²) in [5.74, 6) is -0.272. The van der Waals surface area contributed by atoms with Gasteiger partial charge in [0.05, 0.1) is 12.2 Å². The second-order valence-electron chi connectivity index (χ2n) is 7.43. The van der Waals surface area contributed by atoms with E-state index in [2.05, 4.69) is 26.7 Å². The van der Waals surface area contributed by atoms with Crippen LogP contribution in [0.2, 0.25) is 0 Å². The summed E-state index contributed by atoms with van der Waals surface area (Å²) >= 11 is 1.34. The van der Waals surface area contributed by atoms with Gasteiger partial charge >= 0.3 is 0 Å². The number of benzene rings is 1. The molecule has 0 aliphatic carbocycles. The van der Waals surface area contributed by atoms with Gasteiger partial charge in [0, 0.05) is 28.9 Å². The number of hydrogen-bond donors (Lipinski definition) is 2. The van der Waals surface area contributed by atoms with E-state index in [-0.39, 0.29) is 18.4 Å². The summed E-state index contributed by atoms with van der Waals surface area (Å²) in [6.45, 7) is 5.73. The number of rotatable bonds is 8. The van der Waals surface area contributed by atoms with E-state index in [0.29, 0.717) is 16.6 Å². The van der Waals surface area contributed by atoms with E-state index in [4.69, 9.17) is 0 Å². The number of nitrogens with one attached hydrogen (secondary N) is 2. The second-order valence-corrected chi connectivity index (χ2v) is 8.29. The third-order valence-corrected chi connectivity index (χ3v) is 5.32. The first kappa shape index (κ1) is 23.1. The van der Waals surface area contributed by atoms with Crippen molar-refractivity contribution in [1.29, 1.82) is 0 Å². The van der Waals surface area contributed by atoms with Gasteiger partial charge in [-0.2, -0.15) is 0 Å². The first-order valence-electron chi connectivity index (χ1n) is 10.3. The van der Waals surface area contributed by atoms with Crippen LogP contribution in [0.4, 0.5) is 5.13 Å². The maximum Gasteiger partial charge on any atom is 0.251 e. The van der Waals surface area contributed by atoms with Crippen LogP contribution >= 0.6 is 11.3 Å². The molecule has 0 fully saturated rings. The van der Waals surface area contributed by atoms with Gasteiger partial charge in [0.1, 0.15) is 0 Å². The first-order valence-corrected chi connectivity index (χ1v) is 11.2. The SMILES string of the molecule is C/C=C(\C=C/C(C)C)C(=O)NCC(=O)Nc1nc(-c2cccc(-c3ccncc3)c2)cs1. The average molecular weight is 447 g/mol. The molecule has 6 nitrogen and oxygen atoms in total. The van der Waals surface area contributed by atoms with Crippen molar-refractivity contribution < 1.29 is 9.59 Å². The molecule has 0 saturated carbocycles. The van der Waals surface area contributed by atoms with Crippen molar-refractivity contribution >= 4 is 28.3 Å². The number of allylic oxidation sites excluding steroid dienone is 2. The zero-order chi connectivity index (χ0) is 22.9. The third-order valence-electron chi connectivity index (χ3n) is 4.57. The normalized spacial score (nSPS) is 11.7. The van der Waals surface area contributed by atoms with E-state index in [1.165, 1.54) is 11.3 Å². The zero-order valence-electron chi connectivity index (χ0n) is 18.3. The summed E-state index contributed by atoms with van der Waals surface area (Å²) in [4.78, 5) is 33.1. The molecule has 2 heterocycles. The van der Waals surface area contributed by atoms with Gasteiger partial charge in [-0.05, 0) is 42.2 Å². The number of carbonyl (C=O) groups is 2. The maximum atomic E-state index is 12.3. The minimum atomic E-state index is -0.326. The molecule has 3 aromatic rings. The topological polar surface area (TPSA) is 84.0 Å². The van der Waals surface area contributed by atoms with Crippen LogP contribution in [-0.2, 0) is 9.59 Å². The minimum absolute atomic E-state index is 0.127. The van der Waals surface area contributed by atoms with Crippen molar-refractivity contribution in [2.24, 2.45) is 5.92 Å². The number of amides is 2. The summed E-state index contributed by atoms with van der Waals surface area (Å²) in [6, 6.07) is 12.0. The molecule has 32 heavy (non-hydrogen) atoms. The molecule has 0 aliphatic rings. The molecule has 0 saturated heterocycles. The van der Waals surface area contributed by atoms with Crippen LogP contribution in [0, 0.1) is 5.92 Å². The van der Waals surface area contributed by atoms with Gasteiger partial charge in [0.2, 0.25) is 5.91 Å². The fraction of sp³-hybridized carbons (Fsp3) is 0.200. The van der Waals surface area contributed by atoms with Crippen LogP contribution in [0.5, 0.6) is 0 Å². The fourth-order valence-electron chi connectivity index (χ4n) is 2.89. The Morgan fingerprint density at radius 1 is 1.09 bits per heavy atom. The predicted molar refractivity (Wildman–Crippen MR) is 130 cm³/mol. The van der Waals surface area contributed by atoms with Gasteiger partial charge in [0.15, 0.2) is 5.13 Å². The van der Waals surface area contributed by atoms with Gasteiger partial charge in [-0.15, -0.1) is 11.3 Å². The fourth-order valence-corrected chi connectivity index (χ4v) is 3.63. The Kier molecular flexibility index (Phi) is 8.05. The molecule has 164 valence electrons. The van der Waals surface area contributed by atoms with E-state index >= 15 is 0 Å². The van der Waals surface area contributed by atoms with E-state index in [1.807, 2.05) is 55.6 Å². The van der Waals surface area contributed by atoms with E-state index in [1.54, 1.807) is 31.5 Å². The monoisotopic (exact) mass is 446 g/mol. The van der Waals surface area contributed by atoms with Crippen LogP contribution in [0.1, 0.15) is 20.8 Å². The van der Waals surface area contributed by atoms with Crippen molar-refractivity contribution in [3.63, 3.8) is 0 Å². The molecule has 0 atom stereocenters. The summed E-state index contributed by atoms with van der Waals surface area (Å²) in [5, 5.41) is 7.77. The van der Waals surface area contributed by atoms with Crippen LogP contribution in [0.15, 0.2) is 78.0 Å². The minimum Gasteiger partial charge on any atom is -0.343 e. The Bertz CT molecular complexity index is 1130. The van der Waals surface area contributed by atoms with Gasteiger partial charge < -0.3 is 10.6 Å². The molecule has 1 aromatic carbocycles. The number of nitrogens with zero attached hydrogens (tertiary/aromatic N) is 2. The van der Waals surface area contributed by atoms with E-state index in [0.717, 1.165) is 22.4 Å². The highest BCUT2D eigenvalue weighted by atomic mass is 32.1. The number of thiazole rings is 1. The van der Waals surface area contributed by atoms with Gasteiger partial charge in [-0.1, -0.05) is 50.3 Å². The van der Waals surface area contributed by atoms with Crippen molar-refractivity contribution in [3.8, 4) is 22.4 Å². The van der Waals surface area contributed by atoms with E-state index < -0.39 is 0 Å². The lowest BCUT2D eigenvalue weighted by Gasteiger charge is -2.06. The largest absolute Gasteiger partial charge is 0.343 e. The highest BCUT2D eigenvalue weighted by molar-refractivity contribution is 7.14. The first-order chi connectivity index (χ1) is 15.5. The van der Waals surface area contributed by atoms with Crippen LogP contribution in [0.3, 0.4) is 0 Å². The number of pyridine rings is 1. The molecular formula is C25H26N4O2S. The Morgan fingerprint density at radius 3 is 2.56 bits per heavy atom. The summed E-state index contributed by atoms with van der Waals surface area (Å²) < 4.78 is 0. The molecule has 7 heteroatoms. The highest BCUT2D eigenvalue weighted by Crippen LogP contribution is 2.28. The number of carbonyl (C=O) groups excluding carboxylic acids is 2. The molecule has 2 amide bonds.